The summed E-state index contributed by atoms with van der Waals surface area (Å²) in [6.07, 6.45) is -1.03. The Hall–Kier alpha value is -2.98. The average molecular weight is 533 g/mol. The Kier molecular flexibility index (Phi) is 6.52. The number of benzene rings is 2. The van der Waals surface area contributed by atoms with E-state index in [9.17, 15) is 31.2 Å². The topological polar surface area (TPSA) is 74.8 Å². The van der Waals surface area contributed by atoms with Gasteiger partial charge in [-0.15, -0.1) is 0 Å². The molecule has 2 aliphatic heterocycles. The largest absolute Gasteiger partial charge is 0.471 e. The molecule has 2 heterocycles. The quantitative estimate of drug-likeness (QED) is 0.557. The van der Waals surface area contributed by atoms with Crippen molar-refractivity contribution >= 4 is 21.7 Å². The summed E-state index contributed by atoms with van der Waals surface area (Å²) >= 11 is 0. The van der Waals surface area contributed by atoms with E-state index in [2.05, 4.69) is 0 Å². The zero-order valence-corrected chi connectivity index (χ0v) is 20.9. The Bertz CT molecular complexity index is 1370. The third-order valence-corrected chi connectivity index (χ3v) is 9.52. The number of hydrogen-bond acceptors (Lipinski definition) is 4. The van der Waals surface area contributed by atoms with E-state index in [1.165, 1.54) is 16.4 Å². The molecule has 0 N–H and O–H groups in total. The Morgan fingerprint density at radius 2 is 1.78 bits per heavy atom. The highest BCUT2D eigenvalue weighted by atomic mass is 32.2. The minimum Gasteiger partial charge on any atom is -0.330 e. The number of halogens is 3. The van der Waals surface area contributed by atoms with Crippen LogP contribution in [0, 0.1) is 5.41 Å². The second-order valence-electron chi connectivity index (χ2n) is 10.1. The molecule has 1 amide bonds. The molecule has 1 saturated carbocycles. The van der Waals surface area contributed by atoms with Gasteiger partial charge in [0, 0.05) is 44.4 Å². The number of carbonyl (C=O) groups excluding carboxylic acids is 2. The number of hydrogen-bond donors (Lipinski definition) is 0. The normalized spacial score (nSPS) is 22.7. The molecule has 0 spiro atoms. The first-order valence-corrected chi connectivity index (χ1v) is 13.7. The maximum absolute atomic E-state index is 13.8. The summed E-state index contributed by atoms with van der Waals surface area (Å²) in [5.41, 5.74) is 2.68. The van der Waals surface area contributed by atoms with E-state index in [0.29, 0.717) is 36.1 Å². The van der Waals surface area contributed by atoms with Crippen molar-refractivity contribution in [1.29, 1.82) is 0 Å². The molecule has 5 rings (SSSR count). The number of Topliss-reactive ketones (excluding diaryl/α,β-unsaturated/α-hetero) is 1. The lowest BCUT2D eigenvalue weighted by Gasteiger charge is -2.45. The van der Waals surface area contributed by atoms with E-state index in [-0.39, 0.29) is 43.3 Å². The molecule has 10 heteroatoms. The maximum atomic E-state index is 13.8. The highest BCUT2D eigenvalue weighted by molar-refractivity contribution is 7.89. The van der Waals surface area contributed by atoms with Crippen LogP contribution in [0.3, 0.4) is 0 Å². The molecule has 1 atom stereocenters. The van der Waals surface area contributed by atoms with Crippen LogP contribution in [0.1, 0.15) is 36.0 Å². The van der Waals surface area contributed by atoms with Gasteiger partial charge in [0.25, 0.3) is 0 Å². The molecule has 2 aromatic carbocycles. The lowest BCUT2D eigenvalue weighted by Crippen LogP contribution is -2.49. The predicted octanol–water partition coefficient (Wildman–Crippen LogP) is 4.05. The number of amides is 1. The predicted molar refractivity (Wildman–Crippen MR) is 130 cm³/mol. The van der Waals surface area contributed by atoms with Crippen molar-refractivity contribution in [2.24, 2.45) is 5.41 Å². The van der Waals surface area contributed by atoms with Gasteiger partial charge >= 0.3 is 12.1 Å². The Balaban J connectivity index is 1.44. The SMILES string of the molecule is O=C1CCC2(Cc3ccccc3)CN(S(=O)(=O)c3ccc4c(c3)CN(C(=O)C(F)(F)F)CC4)CC=C2C1. The summed E-state index contributed by atoms with van der Waals surface area (Å²) in [5.74, 6) is -1.77. The van der Waals surface area contributed by atoms with Crippen LogP contribution in [0.25, 0.3) is 0 Å². The van der Waals surface area contributed by atoms with Gasteiger partial charge in [0.2, 0.25) is 10.0 Å². The van der Waals surface area contributed by atoms with E-state index in [4.69, 9.17) is 0 Å². The molecule has 0 radical (unpaired) electrons. The van der Waals surface area contributed by atoms with Gasteiger partial charge < -0.3 is 4.90 Å². The number of ketones is 1. The lowest BCUT2D eigenvalue weighted by atomic mass is 9.65. The first kappa shape index (κ1) is 25.7. The molecule has 37 heavy (non-hydrogen) atoms. The molecule has 0 bridgehead atoms. The third kappa shape index (κ3) is 4.96. The van der Waals surface area contributed by atoms with E-state index in [1.807, 2.05) is 36.4 Å². The van der Waals surface area contributed by atoms with Crippen molar-refractivity contribution in [2.45, 2.75) is 49.7 Å². The van der Waals surface area contributed by atoms with Crippen LogP contribution in [0.5, 0.6) is 0 Å². The van der Waals surface area contributed by atoms with Gasteiger partial charge in [-0.1, -0.05) is 48.0 Å². The van der Waals surface area contributed by atoms with E-state index in [0.717, 1.165) is 16.7 Å². The standard InChI is InChI=1S/C27H27F3N2O4S/c28-27(29,30)25(34)31-12-9-20-6-7-24(14-21(20)17-31)37(35,36)32-13-10-22-15-23(33)8-11-26(22,18-32)16-19-4-2-1-3-5-19/h1-7,10,14H,8-9,11-13,15-18H2. The summed E-state index contributed by atoms with van der Waals surface area (Å²) in [4.78, 5) is 24.7. The molecule has 0 aromatic heterocycles. The van der Waals surface area contributed by atoms with E-state index in [1.54, 1.807) is 6.07 Å². The Morgan fingerprint density at radius 3 is 2.51 bits per heavy atom. The van der Waals surface area contributed by atoms with Gasteiger partial charge in [0.15, 0.2) is 0 Å². The third-order valence-electron chi connectivity index (χ3n) is 7.71. The van der Waals surface area contributed by atoms with Crippen LogP contribution in [0.2, 0.25) is 0 Å². The zero-order valence-electron chi connectivity index (χ0n) is 20.1. The highest BCUT2D eigenvalue weighted by Gasteiger charge is 2.46. The summed E-state index contributed by atoms with van der Waals surface area (Å²) in [7, 11) is -3.98. The highest BCUT2D eigenvalue weighted by Crippen LogP contribution is 2.46. The number of alkyl halides is 3. The summed E-state index contributed by atoms with van der Waals surface area (Å²) in [6, 6.07) is 14.3. The van der Waals surface area contributed by atoms with Crippen LogP contribution in [-0.4, -0.2) is 55.1 Å². The van der Waals surface area contributed by atoms with Gasteiger partial charge in [0.1, 0.15) is 5.78 Å². The minimum atomic E-state index is -4.98. The summed E-state index contributed by atoms with van der Waals surface area (Å²) < 4.78 is 67.8. The smallest absolute Gasteiger partial charge is 0.330 e. The van der Waals surface area contributed by atoms with Crippen LogP contribution in [-0.2, 0) is 39.0 Å². The Morgan fingerprint density at radius 1 is 1.03 bits per heavy atom. The fourth-order valence-corrected chi connectivity index (χ4v) is 7.25. The first-order chi connectivity index (χ1) is 17.5. The number of nitrogens with zero attached hydrogens (tertiary/aromatic N) is 2. The zero-order chi connectivity index (χ0) is 26.4. The summed E-state index contributed by atoms with van der Waals surface area (Å²) in [5, 5.41) is 0. The fraction of sp³-hybridized carbons (Fsp3) is 0.407. The number of carbonyl (C=O) groups is 2. The molecule has 3 aliphatic rings. The molecule has 196 valence electrons. The molecular weight excluding hydrogens is 505 g/mol. The first-order valence-electron chi connectivity index (χ1n) is 12.2. The minimum absolute atomic E-state index is 0.00819. The summed E-state index contributed by atoms with van der Waals surface area (Å²) in [6.45, 7) is -0.0185. The maximum Gasteiger partial charge on any atom is 0.471 e. The van der Waals surface area contributed by atoms with Crippen molar-refractivity contribution in [3.05, 3.63) is 76.9 Å². The molecule has 1 unspecified atom stereocenters. The van der Waals surface area contributed by atoms with Crippen LogP contribution < -0.4 is 0 Å². The number of fused-ring (bicyclic) bond motifs is 2. The van der Waals surface area contributed by atoms with Gasteiger partial charge in [-0.2, -0.15) is 17.5 Å². The molecular formula is C27H27F3N2O4S. The van der Waals surface area contributed by atoms with Gasteiger partial charge in [0.05, 0.1) is 4.90 Å². The van der Waals surface area contributed by atoms with Crippen molar-refractivity contribution in [1.82, 2.24) is 9.21 Å². The Labute approximate surface area is 213 Å². The van der Waals surface area contributed by atoms with E-state index >= 15 is 0 Å². The molecule has 6 nitrogen and oxygen atoms in total. The second kappa shape index (κ2) is 9.40. The second-order valence-corrected chi connectivity index (χ2v) is 12.0. The van der Waals surface area contributed by atoms with E-state index < -0.39 is 27.5 Å². The number of sulfonamides is 1. The van der Waals surface area contributed by atoms with Crippen LogP contribution in [0.4, 0.5) is 13.2 Å². The average Bonchev–Trinajstić information content (AvgIpc) is 2.87. The van der Waals surface area contributed by atoms with Crippen molar-refractivity contribution in [2.75, 3.05) is 19.6 Å². The van der Waals surface area contributed by atoms with Crippen molar-refractivity contribution in [3.63, 3.8) is 0 Å². The molecule has 0 saturated heterocycles. The monoisotopic (exact) mass is 532 g/mol. The van der Waals surface area contributed by atoms with Crippen molar-refractivity contribution in [3.8, 4) is 0 Å². The number of rotatable bonds is 4. The molecule has 1 aliphatic carbocycles. The van der Waals surface area contributed by atoms with Gasteiger partial charge in [-0.3, -0.25) is 9.59 Å². The van der Waals surface area contributed by atoms with Crippen molar-refractivity contribution < 1.29 is 31.2 Å². The molecule has 2 aromatic rings. The van der Waals surface area contributed by atoms with Gasteiger partial charge in [-0.05, 0) is 48.1 Å². The van der Waals surface area contributed by atoms with Crippen LogP contribution in [0.15, 0.2) is 65.1 Å². The van der Waals surface area contributed by atoms with Gasteiger partial charge in [-0.25, -0.2) is 8.42 Å². The molecule has 1 fully saturated rings. The fourth-order valence-electron chi connectivity index (χ4n) is 5.73. The lowest BCUT2D eigenvalue weighted by molar-refractivity contribution is -0.186. The van der Waals surface area contributed by atoms with Crippen LogP contribution >= 0.6 is 0 Å².